The fourth-order valence-corrected chi connectivity index (χ4v) is 4.60. The first-order chi connectivity index (χ1) is 15.4. The molecule has 1 unspecified atom stereocenters. The van der Waals surface area contributed by atoms with Gasteiger partial charge >= 0.3 is 6.09 Å². The number of nitrogens with two attached hydrogens (primary N) is 2. The first-order valence-electron chi connectivity index (χ1n) is 11.1. The number of hydrogen-bond donors (Lipinski definition) is 3. The Morgan fingerprint density at radius 3 is 2.62 bits per heavy atom. The van der Waals surface area contributed by atoms with Crippen LogP contribution in [0, 0.1) is 5.92 Å². The normalized spacial score (nSPS) is 19.8. The summed E-state index contributed by atoms with van der Waals surface area (Å²) in [7, 11) is 0. The molecule has 2 aliphatic rings. The number of benzene rings is 1. The Labute approximate surface area is 186 Å². The smallest absolute Gasteiger partial charge is 0.391 e. The van der Waals surface area contributed by atoms with E-state index in [0.717, 1.165) is 36.6 Å². The quantitative estimate of drug-likeness (QED) is 0.627. The van der Waals surface area contributed by atoms with Gasteiger partial charge in [-0.2, -0.15) is 0 Å². The number of pyridine rings is 1. The van der Waals surface area contributed by atoms with Crippen LogP contribution in [-0.2, 0) is 16.1 Å². The molecule has 2 heterocycles. The van der Waals surface area contributed by atoms with Crippen LogP contribution in [-0.4, -0.2) is 46.4 Å². The average molecular weight is 440 g/mol. The number of rotatable bonds is 6. The van der Waals surface area contributed by atoms with Crippen molar-refractivity contribution in [2.24, 2.45) is 17.4 Å². The van der Waals surface area contributed by atoms with Gasteiger partial charge in [-0.1, -0.05) is 25.3 Å². The third-order valence-electron chi connectivity index (χ3n) is 6.50. The highest BCUT2D eigenvalue weighted by molar-refractivity contribution is 5.92. The van der Waals surface area contributed by atoms with E-state index in [9.17, 15) is 14.4 Å². The van der Waals surface area contributed by atoms with Crippen LogP contribution in [0.5, 0.6) is 5.88 Å². The van der Waals surface area contributed by atoms with Crippen LogP contribution in [0.1, 0.15) is 44.1 Å². The molecule has 1 saturated heterocycles. The number of nitrogens with one attached hydrogen (secondary N) is 1. The minimum absolute atomic E-state index is 0.108. The molecule has 1 saturated carbocycles. The third kappa shape index (κ3) is 4.67. The fraction of sp³-hybridized carbons (Fsp3) is 0.478. The molecule has 32 heavy (non-hydrogen) atoms. The Morgan fingerprint density at radius 1 is 1.16 bits per heavy atom. The van der Waals surface area contributed by atoms with Crippen LogP contribution >= 0.6 is 0 Å². The van der Waals surface area contributed by atoms with Gasteiger partial charge in [0.05, 0.1) is 6.04 Å². The van der Waals surface area contributed by atoms with Crippen molar-refractivity contribution in [1.82, 2.24) is 15.2 Å². The Balaban J connectivity index is 1.35. The van der Waals surface area contributed by atoms with Gasteiger partial charge < -0.3 is 26.4 Å². The van der Waals surface area contributed by atoms with E-state index in [2.05, 4.69) is 10.3 Å². The molecule has 2 aromatic rings. The summed E-state index contributed by atoms with van der Waals surface area (Å²) < 4.78 is 4.93. The van der Waals surface area contributed by atoms with E-state index in [1.165, 1.54) is 12.6 Å². The number of fused-ring (bicyclic) bond motifs is 1. The molecule has 170 valence electrons. The monoisotopic (exact) mass is 439 g/mol. The number of aromatic nitrogens is 1. The molecule has 1 aliphatic carbocycles. The Kier molecular flexibility index (Phi) is 6.55. The van der Waals surface area contributed by atoms with E-state index in [1.54, 1.807) is 17.0 Å². The molecule has 1 aromatic carbocycles. The Hall–Kier alpha value is -3.20. The molecular formula is C23H29N5O4. The number of primary amides is 1. The maximum Gasteiger partial charge on any atom is 0.411 e. The first kappa shape index (κ1) is 22.0. The summed E-state index contributed by atoms with van der Waals surface area (Å²) in [5, 5.41) is 4.38. The molecule has 4 rings (SSSR count). The van der Waals surface area contributed by atoms with Crippen LogP contribution < -0.4 is 21.5 Å². The highest BCUT2D eigenvalue weighted by atomic mass is 16.6. The minimum Gasteiger partial charge on any atom is -0.391 e. The molecule has 0 radical (unpaired) electrons. The maximum atomic E-state index is 12.8. The Bertz CT molecular complexity index is 1020. The summed E-state index contributed by atoms with van der Waals surface area (Å²) in [6.45, 7) is 0.888. The Morgan fingerprint density at radius 2 is 1.94 bits per heavy atom. The number of nitrogens with zero attached hydrogens (tertiary/aromatic N) is 2. The van der Waals surface area contributed by atoms with Crippen molar-refractivity contribution < 1.29 is 19.1 Å². The number of amides is 3. The lowest BCUT2D eigenvalue weighted by atomic mass is 9.83. The number of carbonyl (C=O) groups is 3. The van der Waals surface area contributed by atoms with Gasteiger partial charge in [0, 0.05) is 24.7 Å². The summed E-state index contributed by atoms with van der Waals surface area (Å²) in [6.07, 6.45) is 6.66. The van der Waals surface area contributed by atoms with Crippen molar-refractivity contribution in [3.63, 3.8) is 0 Å². The lowest BCUT2D eigenvalue weighted by molar-refractivity contribution is -0.149. The van der Waals surface area contributed by atoms with Gasteiger partial charge in [-0.15, -0.1) is 0 Å². The van der Waals surface area contributed by atoms with Crippen LogP contribution in [0.4, 0.5) is 4.79 Å². The van der Waals surface area contributed by atoms with Crippen LogP contribution in [0.25, 0.3) is 10.8 Å². The molecule has 0 spiro atoms. The summed E-state index contributed by atoms with van der Waals surface area (Å²) in [6, 6.07) is 6.28. The third-order valence-corrected chi connectivity index (χ3v) is 6.50. The van der Waals surface area contributed by atoms with Crippen molar-refractivity contribution in [2.75, 3.05) is 6.54 Å². The maximum absolute atomic E-state index is 12.8. The summed E-state index contributed by atoms with van der Waals surface area (Å²) in [5.74, 6) is 0.0797. The zero-order valence-corrected chi connectivity index (χ0v) is 18.0. The van der Waals surface area contributed by atoms with Gasteiger partial charge in [-0.25, -0.2) is 9.78 Å². The largest absolute Gasteiger partial charge is 0.411 e. The predicted octanol–water partition coefficient (Wildman–Crippen LogP) is 1.82. The lowest BCUT2D eigenvalue weighted by Gasteiger charge is -2.42. The highest BCUT2D eigenvalue weighted by Gasteiger charge is 2.41. The van der Waals surface area contributed by atoms with Gasteiger partial charge in [-0.05, 0) is 54.3 Å². The molecule has 3 amide bonds. The zero-order chi connectivity index (χ0) is 22.7. The van der Waals surface area contributed by atoms with Gasteiger partial charge in [0.1, 0.15) is 6.04 Å². The molecule has 2 atom stereocenters. The van der Waals surface area contributed by atoms with E-state index < -0.39 is 18.2 Å². The van der Waals surface area contributed by atoms with Crippen LogP contribution in [0.3, 0.4) is 0 Å². The predicted molar refractivity (Wildman–Crippen MR) is 118 cm³/mol. The van der Waals surface area contributed by atoms with Crippen molar-refractivity contribution in [3.8, 4) is 5.88 Å². The van der Waals surface area contributed by atoms with E-state index >= 15 is 0 Å². The van der Waals surface area contributed by atoms with Crippen molar-refractivity contribution in [3.05, 3.63) is 36.0 Å². The van der Waals surface area contributed by atoms with E-state index in [1.807, 2.05) is 12.1 Å². The standard InChI is InChI=1S/C23H29N5O4/c24-19(15-4-2-1-3-5-15)22(30)28-11-9-18(28)20(29)27-13-14-6-7-17-16(12-14)8-10-26-21(17)32-23(25)31/h6-8,10,12,15,18-19H,1-5,9,11,13,24H2,(H2,25,31)(H,27,29)/t18-,19?/m0/s1. The first-order valence-corrected chi connectivity index (χ1v) is 11.1. The van der Waals surface area contributed by atoms with Crippen LogP contribution in [0.2, 0.25) is 0 Å². The molecule has 9 heteroatoms. The minimum atomic E-state index is -0.927. The topological polar surface area (TPSA) is 141 Å². The highest BCUT2D eigenvalue weighted by Crippen LogP contribution is 2.29. The van der Waals surface area contributed by atoms with Crippen molar-refractivity contribution in [1.29, 1.82) is 0 Å². The van der Waals surface area contributed by atoms with Gasteiger partial charge in [0.15, 0.2) is 0 Å². The summed E-state index contributed by atoms with van der Waals surface area (Å²) >= 11 is 0. The average Bonchev–Trinajstić information content (AvgIpc) is 2.76. The molecular weight excluding hydrogens is 410 g/mol. The van der Waals surface area contributed by atoms with E-state index in [4.69, 9.17) is 16.2 Å². The van der Waals surface area contributed by atoms with Crippen molar-refractivity contribution >= 4 is 28.7 Å². The fourth-order valence-electron chi connectivity index (χ4n) is 4.60. The number of ether oxygens (including phenoxy) is 1. The lowest BCUT2D eigenvalue weighted by Crippen LogP contribution is -2.62. The molecule has 5 N–H and O–H groups in total. The zero-order valence-electron chi connectivity index (χ0n) is 18.0. The van der Waals surface area contributed by atoms with Gasteiger partial charge in [-0.3, -0.25) is 9.59 Å². The second-order valence-corrected chi connectivity index (χ2v) is 8.57. The second kappa shape index (κ2) is 9.52. The van der Waals surface area contributed by atoms with Crippen LogP contribution in [0.15, 0.2) is 30.5 Å². The molecule has 9 nitrogen and oxygen atoms in total. The number of carbonyl (C=O) groups excluding carboxylic acids is 3. The van der Waals surface area contributed by atoms with E-state index in [0.29, 0.717) is 24.9 Å². The molecule has 2 fully saturated rings. The summed E-state index contributed by atoms with van der Waals surface area (Å²) in [4.78, 5) is 42.2. The number of hydrogen-bond acceptors (Lipinski definition) is 6. The van der Waals surface area contributed by atoms with Gasteiger partial charge in [0.25, 0.3) is 0 Å². The SMILES string of the molecule is NC(=O)Oc1nccc2cc(CNC(=O)[C@@H]3CCN3C(=O)C(N)C3CCCCC3)ccc12. The second-order valence-electron chi connectivity index (χ2n) is 8.57. The van der Waals surface area contributed by atoms with E-state index in [-0.39, 0.29) is 23.6 Å². The van der Waals surface area contributed by atoms with Crippen molar-refractivity contribution in [2.45, 2.75) is 57.2 Å². The number of likely N-dealkylation sites (tertiary alicyclic amines) is 1. The summed E-state index contributed by atoms with van der Waals surface area (Å²) in [5.41, 5.74) is 12.2. The molecule has 0 bridgehead atoms. The molecule has 1 aromatic heterocycles. The molecule has 1 aliphatic heterocycles. The van der Waals surface area contributed by atoms with Gasteiger partial charge in [0.2, 0.25) is 17.7 Å².